The van der Waals surface area contributed by atoms with Gasteiger partial charge in [0.05, 0.1) is 0 Å². The number of aromatic hydroxyl groups is 1. The summed E-state index contributed by atoms with van der Waals surface area (Å²) in [5.74, 6) is 2.45. The molecule has 0 spiro atoms. The SMILES string of the molecule is CN(CC12CC3CC(CC(C3)C1)C2)C(=O)c1ccc(N2CCN(Cc3cc(OC(F)(F)F)cc(-c4cccc(O)c4)c3)CC2)cc1. The molecule has 9 heteroatoms. The van der Waals surface area contributed by atoms with Crippen molar-refractivity contribution in [3.05, 3.63) is 77.9 Å². The number of amides is 1. The second-order valence-electron chi connectivity index (χ2n) is 14.4. The molecule has 0 aromatic heterocycles. The summed E-state index contributed by atoms with van der Waals surface area (Å²) in [5, 5.41) is 9.90. The van der Waals surface area contributed by atoms with Crippen LogP contribution in [0.3, 0.4) is 0 Å². The first-order chi connectivity index (χ1) is 22.0. The van der Waals surface area contributed by atoms with Gasteiger partial charge in [0.2, 0.25) is 0 Å². The monoisotopic (exact) mass is 633 g/mol. The summed E-state index contributed by atoms with van der Waals surface area (Å²) in [7, 11) is 1.96. The third-order valence-electron chi connectivity index (χ3n) is 10.7. The van der Waals surface area contributed by atoms with Crippen LogP contribution in [0.25, 0.3) is 11.1 Å². The number of anilines is 1. The largest absolute Gasteiger partial charge is 0.573 e. The second-order valence-corrected chi connectivity index (χ2v) is 14.4. The summed E-state index contributed by atoms with van der Waals surface area (Å²) in [4.78, 5) is 19.9. The minimum Gasteiger partial charge on any atom is -0.508 e. The van der Waals surface area contributed by atoms with Gasteiger partial charge in [-0.25, -0.2) is 0 Å². The maximum absolute atomic E-state index is 13.4. The molecule has 1 aliphatic heterocycles. The molecule has 3 aromatic carbocycles. The fourth-order valence-electron chi connectivity index (χ4n) is 9.31. The molecule has 3 aromatic rings. The number of benzene rings is 3. The molecule has 4 bridgehead atoms. The molecule has 244 valence electrons. The first kappa shape index (κ1) is 30.9. The Bertz CT molecular complexity index is 1530. The average molecular weight is 634 g/mol. The Hall–Kier alpha value is -3.72. The van der Waals surface area contributed by atoms with E-state index in [1.807, 2.05) is 42.3 Å². The lowest BCUT2D eigenvalue weighted by Gasteiger charge is -2.57. The maximum Gasteiger partial charge on any atom is 0.573 e. The van der Waals surface area contributed by atoms with Gasteiger partial charge in [-0.1, -0.05) is 12.1 Å². The number of ether oxygens (including phenoxy) is 1. The summed E-state index contributed by atoms with van der Waals surface area (Å²) in [6, 6.07) is 19.0. The maximum atomic E-state index is 13.4. The van der Waals surface area contributed by atoms with E-state index in [1.165, 1.54) is 62.8 Å². The number of carbonyl (C=O) groups excluding carboxylic acids is 1. The average Bonchev–Trinajstić information content (AvgIpc) is 2.99. The standard InChI is InChI=1S/C37H42F3N3O3/c1-41(24-36-20-25-13-26(21-36)15-27(14-25)22-36)35(45)29-5-7-32(8-6-29)43-11-9-42(10-12-43)23-28-16-31(30-3-2-4-33(44)18-30)19-34(17-28)46-37(38,39)40/h2-8,16-19,25-27,44H,9-15,20-24H2,1H3. The lowest BCUT2D eigenvalue weighted by molar-refractivity contribution is -0.274. The van der Waals surface area contributed by atoms with Crippen LogP contribution >= 0.6 is 0 Å². The van der Waals surface area contributed by atoms with E-state index in [0.29, 0.717) is 28.7 Å². The summed E-state index contributed by atoms with van der Waals surface area (Å²) in [5.41, 5.74) is 3.96. The van der Waals surface area contributed by atoms with Crippen molar-refractivity contribution < 1.29 is 27.8 Å². The highest BCUT2D eigenvalue weighted by atomic mass is 19.4. The van der Waals surface area contributed by atoms with Gasteiger partial charge in [-0.2, -0.15) is 0 Å². The third-order valence-corrected chi connectivity index (χ3v) is 10.7. The van der Waals surface area contributed by atoms with Crippen molar-refractivity contribution in [2.75, 3.05) is 44.7 Å². The van der Waals surface area contributed by atoms with E-state index in [0.717, 1.165) is 61.7 Å². The predicted octanol–water partition coefficient (Wildman–Crippen LogP) is 7.57. The Kier molecular flexibility index (Phi) is 8.16. The molecular formula is C37H42F3N3O3. The van der Waals surface area contributed by atoms with Gasteiger partial charge in [-0.3, -0.25) is 9.69 Å². The van der Waals surface area contributed by atoms with Gasteiger partial charge in [-0.15, -0.1) is 13.2 Å². The zero-order valence-corrected chi connectivity index (χ0v) is 26.3. The van der Waals surface area contributed by atoms with E-state index in [4.69, 9.17) is 0 Å². The van der Waals surface area contributed by atoms with Gasteiger partial charge in [-0.05, 0) is 133 Å². The molecule has 0 atom stereocenters. The second kappa shape index (κ2) is 12.1. The minimum atomic E-state index is -4.80. The Morgan fingerprint density at radius 1 is 0.891 bits per heavy atom. The van der Waals surface area contributed by atoms with Gasteiger partial charge in [0.15, 0.2) is 0 Å². The van der Waals surface area contributed by atoms with Gasteiger partial charge < -0.3 is 19.6 Å². The predicted molar refractivity (Wildman–Crippen MR) is 172 cm³/mol. The van der Waals surface area contributed by atoms with Crippen molar-refractivity contribution in [2.24, 2.45) is 23.2 Å². The molecule has 1 saturated heterocycles. The van der Waals surface area contributed by atoms with Gasteiger partial charge in [0.25, 0.3) is 5.91 Å². The van der Waals surface area contributed by atoms with E-state index in [-0.39, 0.29) is 17.4 Å². The quantitative estimate of drug-likeness (QED) is 0.277. The van der Waals surface area contributed by atoms with Crippen LogP contribution in [0.1, 0.15) is 54.4 Å². The number of phenolic OH excluding ortho intramolecular Hbond substituents is 1. The molecule has 6 nitrogen and oxygen atoms in total. The fraction of sp³-hybridized carbons (Fsp3) is 0.486. The smallest absolute Gasteiger partial charge is 0.508 e. The molecule has 4 aliphatic carbocycles. The van der Waals surface area contributed by atoms with Crippen LogP contribution in [0.2, 0.25) is 0 Å². The number of phenols is 1. The van der Waals surface area contributed by atoms with Crippen LogP contribution in [-0.2, 0) is 6.54 Å². The molecule has 8 rings (SSSR count). The Labute approximate surface area is 268 Å². The number of nitrogens with zero attached hydrogens (tertiary/aromatic N) is 3. The lowest BCUT2D eigenvalue weighted by Crippen LogP contribution is -2.51. The molecule has 1 heterocycles. The van der Waals surface area contributed by atoms with Crippen molar-refractivity contribution >= 4 is 11.6 Å². The number of alkyl halides is 3. The molecular weight excluding hydrogens is 591 g/mol. The van der Waals surface area contributed by atoms with Gasteiger partial charge in [0, 0.05) is 57.6 Å². The fourth-order valence-corrected chi connectivity index (χ4v) is 9.31. The van der Waals surface area contributed by atoms with E-state index in [2.05, 4.69) is 14.5 Å². The van der Waals surface area contributed by atoms with E-state index in [9.17, 15) is 23.1 Å². The van der Waals surface area contributed by atoms with Crippen molar-refractivity contribution in [3.8, 4) is 22.6 Å². The molecule has 0 unspecified atom stereocenters. The molecule has 1 N–H and O–H groups in total. The van der Waals surface area contributed by atoms with Crippen molar-refractivity contribution in [1.29, 1.82) is 0 Å². The molecule has 46 heavy (non-hydrogen) atoms. The van der Waals surface area contributed by atoms with Crippen molar-refractivity contribution in [3.63, 3.8) is 0 Å². The van der Waals surface area contributed by atoms with Crippen LogP contribution in [-0.4, -0.2) is 66.9 Å². The van der Waals surface area contributed by atoms with Crippen LogP contribution in [0.5, 0.6) is 11.5 Å². The summed E-state index contributed by atoms with van der Waals surface area (Å²) < 4.78 is 43.6. The number of hydrogen-bond donors (Lipinski definition) is 1. The zero-order chi connectivity index (χ0) is 32.1. The Balaban J connectivity index is 0.961. The normalized spacial score (nSPS) is 25.9. The van der Waals surface area contributed by atoms with Crippen LogP contribution < -0.4 is 9.64 Å². The lowest BCUT2D eigenvalue weighted by atomic mass is 9.49. The highest BCUT2D eigenvalue weighted by Crippen LogP contribution is 2.60. The number of carbonyl (C=O) groups is 1. The van der Waals surface area contributed by atoms with Crippen LogP contribution in [0, 0.1) is 23.2 Å². The van der Waals surface area contributed by atoms with Crippen LogP contribution in [0.15, 0.2) is 66.7 Å². The Morgan fingerprint density at radius 2 is 1.54 bits per heavy atom. The summed E-state index contributed by atoms with van der Waals surface area (Å²) >= 11 is 0. The molecule has 5 fully saturated rings. The summed E-state index contributed by atoms with van der Waals surface area (Å²) in [6.45, 7) is 4.33. The topological polar surface area (TPSA) is 56.3 Å². The number of rotatable bonds is 8. The molecule has 4 saturated carbocycles. The van der Waals surface area contributed by atoms with E-state index in [1.54, 1.807) is 12.1 Å². The van der Waals surface area contributed by atoms with E-state index < -0.39 is 6.36 Å². The third kappa shape index (κ3) is 6.85. The molecule has 5 aliphatic rings. The molecule has 1 amide bonds. The van der Waals surface area contributed by atoms with Gasteiger partial charge >= 0.3 is 6.36 Å². The van der Waals surface area contributed by atoms with Crippen LogP contribution in [0.4, 0.5) is 18.9 Å². The minimum absolute atomic E-state index is 0.0410. The first-order valence-corrected chi connectivity index (χ1v) is 16.5. The number of piperazine rings is 1. The first-order valence-electron chi connectivity index (χ1n) is 16.5. The van der Waals surface area contributed by atoms with Gasteiger partial charge in [0.1, 0.15) is 11.5 Å². The molecule has 0 radical (unpaired) electrons. The van der Waals surface area contributed by atoms with E-state index >= 15 is 0 Å². The highest BCUT2D eigenvalue weighted by Gasteiger charge is 2.51. The van der Waals surface area contributed by atoms with Crippen molar-refractivity contribution in [1.82, 2.24) is 9.80 Å². The number of halogens is 3. The summed E-state index contributed by atoms with van der Waals surface area (Å²) in [6.07, 6.45) is 3.26. The van der Waals surface area contributed by atoms with Crippen molar-refractivity contribution in [2.45, 2.75) is 51.4 Å². The highest BCUT2D eigenvalue weighted by molar-refractivity contribution is 5.94. The Morgan fingerprint density at radius 3 is 2.15 bits per heavy atom. The zero-order valence-electron chi connectivity index (χ0n) is 26.3. The number of hydrogen-bond acceptors (Lipinski definition) is 5.